The lowest BCUT2D eigenvalue weighted by atomic mass is 10.2. The maximum atomic E-state index is 13.1. The minimum atomic E-state index is -3.96. The first-order valence-electron chi connectivity index (χ1n) is 9.38. The van der Waals surface area contributed by atoms with Gasteiger partial charge in [0.25, 0.3) is 10.0 Å². The van der Waals surface area contributed by atoms with Gasteiger partial charge in [0.05, 0.1) is 33.6 Å². The van der Waals surface area contributed by atoms with Crippen LogP contribution in [-0.4, -0.2) is 62.4 Å². The fraction of sp³-hybridized carbons (Fsp3) is 0.333. The van der Waals surface area contributed by atoms with Crippen LogP contribution in [0.1, 0.15) is 5.56 Å². The summed E-state index contributed by atoms with van der Waals surface area (Å²) < 4.78 is 82.5. The van der Waals surface area contributed by atoms with Crippen molar-refractivity contribution in [3.63, 3.8) is 0 Å². The number of rotatable bonds is 5. The lowest BCUT2D eigenvalue weighted by Crippen LogP contribution is -2.40. The Kier molecular flexibility index (Phi) is 5.60. The molecule has 1 saturated heterocycles. The molecule has 10 nitrogen and oxygen atoms in total. The molecule has 2 N–H and O–H groups in total. The molecule has 0 amide bonds. The lowest BCUT2D eigenvalue weighted by molar-refractivity contribution is 0.0730. The van der Waals surface area contributed by atoms with Crippen molar-refractivity contribution in [2.24, 2.45) is 5.14 Å². The molecule has 0 aliphatic carbocycles. The highest BCUT2D eigenvalue weighted by atomic mass is 32.2. The summed E-state index contributed by atoms with van der Waals surface area (Å²) in [7, 11) is -11.6. The molecule has 168 valence electrons. The fourth-order valence-electron chi connectivity index (χ4n) is 3.62. The van der Waals surface area contributed by atoms with Crippen LogP contribution in [0.15, 0.2) is 57.2 Å². The molecule has 0 unspecified atom stereocenters. The second kappa shape index (κ2) is 7.83. The van der Waals surface area contributed by atoms with Crippen molar-refractivity contribution in [3.8, 4) is 0 Å². The molecule has 2 aliphatic heterocycles. The van der Waals surface area contributed by atoms with Gasteiger partial charge in [-0.25, -0.2) is 30.4 Å². The van der Waals surface area contributed by atoms with Gasteiger partial charge < -0.3 is 4.74 Å². The van der Waals surface area contributed by atoms with Gasteiger partial charge in [-0.3, -0.25) is 4.31 Å². The second-order valence-electron chi connectivity index (χ2n) is 7.15. The molecule has 0 bridgehead atoms. The Bertz CT molecular complexity index is 1320. The van der Waals surface area contributed by atoms with Crippen LogP contribution in [0.4, 0.5) is 5.69 Å². The number of nitrogens with zero attached hydrogens (tertiary/aromatic N) is 2. The topological polar surface area (TPSA) is 144 Å². The lowest BCUT2D eigenvalue weighted by Gasteiger charge is -2.26. The molecule has 0 radical (unpaired) electrons. The van der Waals surface area contributed by atoms with E-state index in [-0.39, 0.29) is 34.3 Å². The van der Waals surface area contributed by atoms with Gasteiger partial charge in [0, 0.05) is 19.6 Å². The highest BCUT2D eigenvalue weighted by Crippen LogP contribution is 2.34. The van der Waals surface area contributed by atoms with Gasteiger partial charge in [-0.05, 0) is 54.4 Å². The first-order chi connectivity index (χ1) is 14.5. The molecule has 0 atom stereocenters. The SMILES string of the molecule is NS(=O)(=O)c1ccc2c(c1)CCN2S(=O)(=O)c1ccc(S(=O)(=O)N2CCOCC2)cc1. The van der Waals surface area contributed by atoms with Crippen LogP contribution in [0.5, 0.6) is 0 Å². The maximum Gasteiger partial charge on any atom is 0.264 e. The summed E-state index contributed by atoms with van der Waals surface area (Å²) in [6.07, 6.45) is 0.335. The normalized spacial score (nSPS) is 18.2. The molecule has 31 heavy (non-hydrogen) atoms. The van der Waals surface area contributed by atoms with Crippen molar-refractivity contribution in [1.82, 2.24) is 4.31 Å². The van der Waals surface area contributed by atoms with Crippen molar-refractivity contribution in [3.05, 3.63) is 48.0 Å². The predicted molar refractivity (Wildman–Crippen MR) is 112 cm³/mol. The average Bonchev–Trinajstić information content (AvgIpc) is 3.18. The number of primary sulfonamides is 1. The van der Waals surface area contributed by atoms with Crippen molar-refractivity contribution >= 4 is 35.8 Å². The predicted octanol–water partition coefficient (Wildman–Crippen LogP) is 0.106. The Hall–Kier alpha value is -2.03. The summed E-state index contributed by atoms with van der Waals surface area (Å²) in [6.45, 7) is 1.25. The van der Waals surface area contributed by atoms with Crippen molar-refractivity contribution in [2.75, 3.05) is 37.2 Å². The van der Waals surface area contributed by atoms with Crippen molar-refractivity contribution in [2.45, 2.75) is 21.1 Å². The molecule has 2 heterocycles. The van der Waals surface area contributed by atoms with Gasteiger partial charge in [0.15, 0.2) is 0 Å². The Morgan fingerprint density at radius 2 is 1.29 bits per heavy atom. The van der Waals surface area contributed by atoms with Gasteiger partial charge >= 0.3 is 0 Å². The zero-order valence-electron chi connectivity index (χ0n) is 16.3. The Morgan fingerprint density at radius 3 is 1.87 bits per heavy atom. The standard InChI is InChI=1S/C18H21N3O7S3/c19-29(22,23)17-5-6-18-14(13-17)7-8-21(18)31(26,27)16-3-1-15(2-4-16)30(24,25)20-9-11-28-12-10-20/h1-6,13H,7-12H2,(H2,19,22,23). The smallest absolute Gasteiger partial charge is 0.264 e. The third-order valence-corrected chi connectivity index (χ3v) is 9.90. The summed E-state index contributed by atoms with van der Waals surface area (Å²) in [4.78, 5) is -0.132. The number of nitrogens with two attached hydrogens (primary N) is 1. The Labute approximate surface area is 181 Å². The first-order valence-corrected chi connectivity index (χ1v) is 13.8. The van der Waals surface area contributed by atoms with Crippen molar-refractivity contribution < 1.29 is 30.0 Å². The molecular weight excluding hydrogens is 466 g/mol. The van der Waals surface area contributed by atoms with Crippen LogP contribution in [-0.2, 0) is 41.2 Å². The Morgan fingerprint density at radius 1 is 0.742 bits per heavy atom. The van der Waals surface area contributed by atoms with E-state index in [9.17, 15) is 25.3 Å². The van der Waals surface area contributed by atoms with Gasteiger partial charge in [-0.2, -0.15) is 4.31 Å². The third kappa shape index (κ3) is 4.08. The summed E-state index contributed by atoms with van der Waals surface area (Å²) in [5.74, 6) is 0. The molecule has 2 aliphatic rings. The number of ether oxygens (including phenoxy) is 1. The van der Waals surface area contributed by atoms with Crippen LogP contribution in [0.25, 0.3) is 0 Å². The summed E-state index contributed by atoms with van der Waals surface area (Å²) in [5.41, 5.74) is 0.930. The first kappa shape index (κ1) is 22.2. The number of anilines is 1. The van der Waals surface area contributed by atoms with Gasteiger partial charge in [0.2, 0.25) is 20.0 Å². The molecule has 4 rings (SSSR count). The minimum Gasteiger partial charge on any atom is -0.379 e. The van der Waals surface area contributed by atoms with Crippen LogP contribution < -0.4 is 9.44 Å². The maximum absolute atomic E-state index is 13.1. The highest BCUT2D eigenvalue weighted by molar-refractivity contribution is 7.93. The molecule has 0 saturated carbocycles. The van der Waals surface area contributed by atoms with Gasteiger partial charge in [0.1, 0.15) is 0 Å². The van der Waals surface area contributed by atoms with E-state index < -0.39 is 30.1 Å². The largest absolute Gasteiger partial charge is 0.379 e. The monoisotopic (exact) mass is 487 g/mol. The van der Waals surface area contributed by atoms with E-state index >= 15 is 0 Å². The quantitative estimate of drug-likeness (QED) is 0.630. The fourth-order valence-corrected chi connectivity index (χ4v) is 7.10. The highest BCUT2D eigenvalue weighted by Gasteiger charge is 2.32. The zero-order valence-corrected chi connectivity index (χ0v) is 18.8. The molecular formula is C18H21N3O7S3. The summed E-state index contributed by atoms with van der Waals surface area (Å²) in [6, 6.07) is 9.13. The van der Waals surface area contributed by atoms with Crippen LogP contribution in [0.3, 0.4) is 0 Å². The van der Waals surface area contributed by atoms with Crippen LogP contribution >= 0.6 is 0 Å². The average molecular weight is 488 g/mol. The van der Waals surface area contributed by atoms with Gasteiger partial charge in [-0.1, -0.05) is 0 Å². The number of fused-ring (bicyclic) bond motifs is 1. The number of sulfonamides is 3. The molecule has 13 heteroatoms. The van der Waals surface area contributed by atoms with Gasteiger partial charge in [-0.15, -0.1) is 0 Å². The number of morpholine rings is 1. The van der Waals surface area contributed by atoms with E-state index in [1.165, 1.54) is 51.1 Å². The number of benzene rings is 2. The minimum absolute atomic E-state index is 0.00738. The number of hydrogen-bond donors (Lipinski definition) is 1. The van der Waals surface area contributed by atoms with E-state index in [4.69, 9.17) is 9.88 Å². The van der Waals surface area contributed by atoms with E-state index in [1.807, 2.05) is 0 Å². The molecule has 0 spiro atoms. The van der Waals surface area contributed by atoms with E-state index in [2.05, 4.69) is 0 Å². The zero-order chi connectivity index (χ0) is 22.4. The molecule has 1 fully saturated rings. The van der Waals surface area contributed by atoms with Crippen molar-refractivity contribution in [1.29, 1.82) is 0 Å². The molecule has 2 aromatic rings. The third-order valence-electron chi connectivity index (χ3n) is 5.25. The number of hydrogen-bond acceptors (Lipinski definition) is 7. The van der Waals surface area contributed by atoms with Crippen LogP contribution in [0.2, 0.25) is 0 Å². The van der Waals surface area contributed by atoms with E-state index in [0.29, 0.717) is 30.9 Å². The summed E-state index contributed by atoms with van der Waals surface area (Å²) >= 11 is 0. The van der Waals surface area contributed by atoms with Crippen LogP contribution in [0, 0.1) is 0 Å². The van der Waals surface area contributed by atoms with E-state index in [0.717, 1.165) is 0 Å². The molecule has 2 aromatic carbocycles. The summed E-state index contributed by atoms with van der Waals surface area (Å²) in [5, 5.41) is 5.15. The van der Waals surface area contributed by atoms with E-state index in [1.54, 1.807) is 0 Å². The second-order valence-corrected chi connectivity index (χ2v) is 12.5. The molecule has 0 aromatic heterocycles. The Balaban J connectivity index is 1.62.